The van der Waals surface area contributed by atoms with E-state index in [1.165, 1.54) is 22.8 Å². The van der Waals surface area contributed by atoms with Crippen LogP contribution in [0.25, 0.3) is 11.2 Å². The Morgan fingerprint density at radius 3 is 2.57 bits per heavy atom. The number of halogens is 5. The monoisotopic (exact) mass is 529 g/mol. The first kappa shape index (κ1) is 25.4. The van der Waals surface area contributed by atoms with E-state index >= 15 is 0 Å². The first-order valence-corrected chi connectivity index (χ1v) is 11.9. The Morgan fingerprint density at radius 2 is 1.89 bits per heavy atom. The fourth-order valence-corrected chi connectivity index (χ4v) is 4.39. The first-order valence-electron chi connectivity index (χ1n) is 11.1. The summed E-state index contributed by atoms with van der Waals surface area (Å²) in [6.07, 6.45) is 0.905. The second-order valence-electron chi connectivity index (χ2n) is 8.65. The van der Waals surface area contributed by atoms with E-state index in [4.69, 9.17) is 27.9 Å². The molecule has 4 rings (SSSR count). The maximum atomic E-state index is 14.5. The van der Waals surface area contributed by atoms with E-state index in [-0.39, 0.29) is 50.3 Å². The third-order valence-corrected chi connectivity index (χ3v) is 6.64. The minimum Gasteiger partial charge on any atom is -0.471 e. The van der Waals surface area contributed by atoms with E-state index in [9.17, 15) is 18.0 Å². The second kappa shape index (κ2) is 10.5. The zero-order valence-corrected chi connectivity index (χ0v) is 20.6. The largest absolute Gasteiger partial charge is 0.471 e. The van der Waals surface area contributed by atoms with Gasteiger partial charge < -0.3 is 15.4 Å². The van der Waals surface area contributed by atoms with Crippen molar-refractivity contribution in [1.29, 1.82) is 0 Å². The fraction of sp³-hybridized carbons (Fsp3) is 0.435. The lowest BCUT2D eigenvalue weighted by Gasteiger charge is -2.27. The Morgan fingerprint density at radius 1 is 1.20 bits per heavy atom. The predicted octanol–water partition coefficient (Wildman–Crippen LogP) is 6.11. The lowest BCUT2D eigenvalue weighted by Crippen LogP contribution is -2.37. The Kier molecular flexibility index (Phi) is 7.61. The minimum atomic E-state index is -2.75. The van der Waals surface area contributed by atoms with E-state index in [2.05, 4.69) is 27.5 Å². The quantitative estimate of drug-likeness (QED) is 0.361. The van der Waals surface area contributed by atoms with E-state index < -0.39 is 24.8 Å². The van der Waals surface area contributed by atoms with Crippen LogP contribution in [0.3, 0.4) is 0 Å². The maximum absolute atomic E-state index is 14.5. The molecule has 1 amide bonds. The first-order chi connectivity index (χ1) is 16.6. The number of aromatic nitrogens is 3. The van der Waals surface area contributed by atoms with Gasteiger partial charge in [0.05, 0.1) is 15.7 Å². The summed E-state index contributed by atoms with van der Waals surface area (Å²) >= 11 is 12.0. The van der Waals surface area contributed by atoms with Crippen molar-refractivity contribution in [2.24, 2.45) is 13.0 Å². The van der Waals surface area contributed by atoms with Crippen molar-refractivity contribution in [2.45, 2.75) is 45.1 Å². The number of nitrogens with one attached hydrogen (secondary N) is 2. The van der Waals surface area contributed by atoms with Crippen LogP contribution in [-0.2, 0) is 7.05 Å². The highest BCUT2D eigenvalue weighted by Crippen LogP contribution is 2.34. The standard InChI is InChI=1S/C23H24Cl2F3N5O2/c1-11-3-5-12(6-4-11)29-21(34)13-9-16-20(32-22(13)35-10-17(26)27)33(2)23(30-16)31-19-15(25)8-7-14(24)18(19)28/h7-9,11-12,17H,3-6,10H2,1-2H3,(H,29,34)(H,30,31). The number of amides is 1. The van der Waals surface area contributed by atoms with Crippen LogP contribution in [0.15, 0.2) is 18.2 Å². The lowest BCUT2D eigenvalue weighted by atomic mass is 9.87. The second-order valence-corrected chi connectivity index (χ2v) is 9.47. The number of carbonyl (C=O) groups excluding carboxylic acids is 1. The van der Waals surface area contributed by atoms with Gasteiger partial charge in [0.1, 0.15) is 11.1 Å². The van der Waals surface area contributed by atoms with E-state index in [1.807, 2.05) is 0 Å². The fourth-order valence-electron chi connectivity index (χ4n) is 4.04. The minimum absolute atomic E-state index is 0.00612. The van der Waals surface area contributed by atoms with Crippen molar-refractivity contribution >= 4 is 51.9 Å². The Bertz CT molecular complexity index is 1250. The number of fused-ring (bicyclic) bond motifs is 1. The summed E-state index contributed by atoms with van der Waals surface area (Å²) in [7, 11) is 1.58. The van der Waals surface area contributed by atoms with Crippen LogP contribution < -0.4 is 15.4 Å². The van der Waals surface area contributed by atoms with E-state index in [1.54, 1.807) is 7.05 Å². The molecule has 1 aliphatic rings. The number of ether oxygens (including phenoxy) is 1. The highest BCUT2D eigenvalue weighted by molar-refractivity contribution is 6.35. The van der Waals surface area contributed by atoms with Gasteiger partial charge in [-0.05, 0) is 49.8 Å². The van der Waals surface area contributed by atoms with Crippen molar-refractivity contribution in [3.05, 3.63) is 39.6 Å². The molecule has 0 radical (unpaired) electrons. The third kappa shape index (κ3) is 5.59. The molecule has 1 fully saturated rings. The third-order valence-electron chi connectivity index (χ3n) is 6.03. The average molecular weight is 530 g/mol. The van der Waals surface area contributed by atoms with Crippen molar-refractivity contribution in [2.75, 3.05) is 11.9 Å². The van der Waals surface area contributed by atoms with E-state index in [0.717, 1.165) is 25.7 Å². The summed E-state index contributed by atoms with van der Waals surface area (Å²) in [5.74, 6) is -0.729. The highest BCUT2D eigenvalue weighted by atomic mass is 35.5. The van der Waals surface area contributed by atoms with Crippen LogP contribution in [-0.4, -0.2) is 39.5 Å². The van der Waals surface area contributed by atoms with Crippen LogP contribution in [0, 0.1) is 11.7 Å². The van der Waals surface area contributed by atoms with Gasteiger partial charge in [-0.25, -0.2) is 18.2 Å². The number of hydrogen-bond acceptors (Lipinski definition) is 5. The molecule has 3 aromatic rings. The predicted molar refractivity (Wildman–Crippen MR) is 129 cm³/mol. The topological polar surface area (TPSA) is 81.1 Å². The van der Waals surface area contributed by atoms with Gasteiger partial charge in [0.25, 0.3) is 12.3 Å². The molecule has 0 unspecified atom stereocenters. The zero-order chi connectivity index (χ0) is 25.3. The molecule has 7 nitrogen and oxygen atoms in total. The summed E-state index contributed by atoms with van der Waals surface area (Å²) < 4.78 is 46.9. The number of benzene rings is 1. The smallest absolute Gasteiger partial charge is 0.272 e. The van der Waals surface area contributed by atoms with Gasteiger partial charge in [0.2, 0.25) is 11.8 Å². The number of hydrogen-bond donors (Lipinski definition) is 2. The molecule has 0 bridgehead atoms. The zero-order valence-electron chi connectivity index (χ0n) is 19.0. The number of nitrogens with zero attached hydrogens (tertiary/aromatic N) is 3. The van der Waals surface area contributed by atoms with Gasteiger partial charge in [-0.2, -0.15) is 4.98 Å². The van der Waals surface area contributed by atoms with Crippen molar-refractivity contribution in [3.8, 4) is 5.88 Å². The normalized spacial score (nSPS) is 18.2. The Hall–Kier alpha value is -2.72. The van der Waals surface area contributed by atoms with Gasteiger partial charge in [0.15, 0.2) is 18.1 Å². The number of rotatable bonds is 7. The van der Waals surface area contributed by atoms with Crippen LogP contribution in [0.4, 0.5) is 24.8 Å². The van der Waals surface area contributed by atoms with E-state index in [0.29, 0.717) is 5.92 Å². The maximum Gasteiger partial charge on any atom is 0.272 e. The molecule has 12 heteroatoms. The number of alkyl halides is 2. The van der Waals surface area contributed by atoms with Crippen molar-refractivity contribution < 1.29 is 22.7 Å². The van der Waals surface area contributed by atoms with Gasteiger partial charge >= 0.3 is 0 Å². The van der Waals surface area contributed by atoms with Crippen LogP contribution in [0.5, 0.6) is 5.88 Å². The Labute approximate surface area is 210 Å². The average Bonchev–Trinajstić information content (AvgIpc) is 3.13. The summed E-state index contributed by atoms with van der Waals surface area (Å²) in [5, 5.41) is 5.69. The number of carbonyl (C=O) groups is 1. The summed E-state index contributed by atoms with van der Waals surface area (Å²) in [4.78, 5) is 21.7. The molecule has 1 aromatic carbocycles. The van der Waals surface area contributed by atoms with Gasteiger partial charge in [0, 0.05) is 13.1 Å². The number of aryl methyl sites for hydroxylation is 1. The van der Waals surface area contributed by atoms with Crippen molar-refractivity contribution in [3.63, 3.8) is 0 Å². The van der Waals surface area contributed by atoms with Gasteiger partial charge in [-0.3, -0.25) is 9.36 Å². The van der Waals surface area contributed by atoms with Gasteiger partial charge in [-0.1, -0.05) is 30.1 Å². The number of pyridine rings is 1. The highest BCUT2D eigenvalue weighted by Gasteiger charge is 2.25. The summed E-state index contributed by atoms with van der Waals surface area (Å²) in [6, 6.07) is 4.16. The molecule has 35 heavy (non-hydrogen) atoms. The summed E-state index contributed by atoms with van der Waals surface area (Å²) in [6.45, 7) is 1.24. The summed E-state index contributed by atoms with van der Waals surface area (Å²) in [5.41, 5.74) is 0.420. The molecule has 188 valence electrons. The molecule has 2 heterocycles. The molecule has 2 N–H and O–H groups in total. The molecule has 0 spiro atoms. The van der Waals surface area contributed by atoms with Gasteiger partial charge in [-0.15, -0.1) is 0 Å². The molecule has 1 aliphatic carbocycles. The Balaban J connectivity index is 1.69. The molecule has 0 saturated heterocycles. The molecule has 1 saturated carbocycles. The van der Waals surface area contributed by atoms with Crippen molar-refractivity contribution in [1.82, 2.24) is 19.9 Å². The molecule has 2 aromatic heterocycles. The number of anilines is 2. The SMILES string of the molecule is CC1CCC(NC(=O)c2cc3nc(Nc4c(Cl)ccc(Cl)c4F)n(C)c3nc2OCC(F)F)CC1. The van der Waals surface area contributed by atoms with Crippen LogP contribution in [0.2, 0.25) is 10.0 Å². The molecule has 0 atom stereocenters. The molecular formula is C23H24Cl2F3N5O2. The molecular weight excluding hydrogens is 506 g/mol. The molecule has 0 aliphatic heterocycles. The van der Waals surface area contributed by atoms with Crippen LogP contribution in [0.1, 0.15) is 43.0 Å². The van der Waals surface area contributed by atoms with Crippen LogP contribution >= 0.6 is 23.2 Å². The lowest BCUT2D eigenvalue weighted by molar-refractivity contribution is 0.0770. The number of imidazole rings is 1.